The van der Waals surface area contributed by atoms with Gasteiger partial charge in [-0.3, -0.25) is 19.5 Å². The van der Waals surface area contributed by atoms with Crippen LogP contribution in [-0.2, 0) is 13.0 Å². The van der Waals surface area contributed by atoms with Crippen LogP contribution in [0.2, 0.25) is 0 Å². The van der Waals surface area contributed by atoms with Crippen molar-refractivity contribution >= 4 is 27.5 Å². The van der Waals surface area contributed by atoms with Crippen molar-refractivity contribution in [3.63, 3.8) is 0 Å². The molecule has 0 bridgehead atoms. The minimum atomic E-state index is -0.0508. The molecule has 1 aliphatic rings. The van der Waals surface area contributed by atoms with E-state index in [2.05, 4.69) is 30.8 Å². The largest absolute Gasteiger partial charge is 0.369 e. The molecular weight excluding hydrogens is 390 g/mol. The third-order valence-corrected chi connectivity index (χ3v) is 6.11. The van der Waals surface area contributed by atoms with Crippen LogP contribution in [0.5, 0.6) is 0 Å². The maximum absolute atomic E-state index is 12.1. The van der Waals surface area contributed by atoms with Gasteiger partial charge >= 0.3 is 0 Å². The number of aryl methyl sites for hydroxylation is 1. The zero-order valence-corrected chi connectivity index (χ0v) is 17.5. The molecular formula is C24H25N5O2. The van der Waals surface area contributed by atoms with Gasteiger partial charge in [0.15, 0.2) is 0 Å². The summed E-state index contributed by atoms with van der Waals surface area (Å²) in [7, 11) is 0. The van der Waals surface area contributed by atoms with Crippen LogP contribution in [0.15, 0.2) is 58.4 Å². The van der Waals surface area contributed by atoms with Crippen molar-refractivity contribution in [3.8, 4) is 0 Å². The SMILES string of the molecule is CCc1cc2ncc(CN3CCN(c4ccc5c(=O)[nH]ccc5c4)CC3)cc2[nH]c1=O. The van der Waals surface area contributed by atoms with Crippen molar-refractivity contribution in [2.24, 2.45) is 0 Å². The highest BCUT2D eigenvalue weighted by molar-refractivity contribution is 5.85. The Bertz CT molecular complexity index is 1370. The van der Waals surface area contributed by atoms with E-state index >= 15 is 0 Å². The predicted octanol–water partition coefficient (Wildman–Crippen LogP) is 2.65. The van der Waals surface area contributed by atoms with Gasteiger partial charge in [0.1, 0.15) is 0 Å². The first kappa shape index (κ1) is 19.5. The van der Waals surface area contributed by atoms with E-state index in [-0.39, 0.29) is 11.1 Å². The molecule has 0 atom stereocenters. The number of aromatic nitrogens is 3. The van der Waals surface area contributed by atoms with Gasteiger partial charge < -0.3 is 14.9 Å². The molecule has 158 valence electrons. The molecule has 3 aromatic heterocycles. The number of rotatable bonds is 4. The Labute approximate surface area is 179 Å². The Hall–Kier alpha value is -3.45. The molecule has 0 aliphatic carbocycles. The van der Waals surface area contributed by atoms with Gasteiger partial charge in [-0.05, 0) is 53.8 Å². The predicted molar refractivity (Wildman–Crippen MR) is 124 cm³/mol. The zero-order chi connectivity index (χ0) is 21.4. The maximum atomic E-state index is 12.1. The van der Waals surface area contributed by atoms with Crippen LogP contribution in [0.3, 0.4) is 0 Å². The maximum Gasteiger partial charge on any atom is 0.255 e. The van der Waals surface area contributed by atoms with Crippen LogP contribution in [0.1, 0.15) is 18.1 Å². The van der Waals surface area contributed by atoms with Crippen molar-refractivity contribution in [2.75, 3.05) is 31.1 Å². The number of aromatic amines is 2. The molecule has 7 nitrogen and oxygen atoms in total. The highest BCUT2D eigenvalue weighted by Crippen LogP contribution is 2.22. The molecule has 2 N–H and O–H groups in total. The fourth-order valence-corrected chi connectivity index (χ4v) is 4.31. The second kappa shape index (κ2) is 8.00. The van der Waals surface area contributed by atoms with Crippen molar-refractivity contribution in [3.05, 3.63) is 80.6 Å². The van der Waals surface area contributed by atoms with Gasteiger partial charge in [-0.25, -0.2) is 0 Å². The Kier molecular flexibility index (Phi) is 5.03. The van der Waals surface area contributed by atoms with Crippen LogP contribution in [-0.4, -0.2) is 46.0 Å². The number of benzene rings is 1. The summed E-state index contributed by atoms with van der Waals surface area (Å²) in [6.45, 7) is 6.51. The van der Waals surface area contributed by atoms with Crippen molar-refractivity contribution in [1.82, 2.24) is 19.9 Å². The lowest BCUT2D eigenvalue weighted by atomic mass is 10.1. The van der Waals surface area contributed by atoms with Gasteiger partial charge in [-0.1, -0.05) is 6.92 Å². The molecule has 1 aliphatic heterocycles. The van der Waals surface area contributed by atoms with Crippen molar-refractivity contribution in [1.29, 1.82) is 0 Å². The molecule has 0 saturated carbocycles. The lowest BCUT2D eigenvalue weighted by molar-refractivity contribution is 0.250. The number of nitrogens with zero attached hydrogens (tertiary/aromatic N) is 3. The monoisotopic (exact) mass is 415 g/mol. The van der Waals surface area contributed by atoms with Gasteiger partial charge in [0.2, 0.25) is 0 Å². The summed E-state index contributed by atoms with van der Waals surface area (Å²) < 4.78 is 0. The number of fused-ring (bicyclic) bond motifs is 2. The van der Waals surface area contributed by atoms with Crippen LogP contribution in [0.4, 0.5) is 5.69 Å². The van der Waals surface area contributed by atoms with E-state index in [0.717, 1.165) is 71.3 Å². The zero-order valence-electron chi connectivity index (χ0n) is 17.5. The minimum absolute atomic E-state index is 0.0278. The number of H-pyrrole nitrogens is 2. The first-order valence-electron chi connectivity index (χ1n) is 10.7. The van der Waals surface area contributed by atoms with Gasteiger partial charge in [0.05, 0.1) is 11.0 Å². The number of piperazine rings is 1. The minimum Gasteiger partial charge on any atom is -0.369 e. The molecule has 4 aromatic rings. The summed E-state index contributed by atoms with van der Waals surface area (Å²) >= 11 is 0. The van der Waals surface area contributed by atoms with E-state index in [1.54, 1.807) is 6.20 Å². The van der Waals surface area contributed by atoms with E-state index < -0.39 is 0 Å². The number of anilines is 1. The average molecular weight is 415 g/mol. The van der Waals surface area contributed by atoms with Gasteiger partial charge in [0.25, 0.3) is 11.1 Å². The Morgan fingerprint density at radius 2 is 1.84 bits per heavy atom. The fraction of sp³-hybridized carbons (Fsp3) is 0.292. The van der Waals surface area contributed by atoms with E-state index in [1.807, 2.05) is 43.5 Å². The van der Waals surface area contributed by atoms with E-state index in [1.165, 1.54) is 0 Å². The molecule has 31 heavy (non-hydrogen) atoms. The lowest BCUT2D eigenvalue weighted by Crippen LogP contribution is -2.46. The van der Waals surface area contributed by atoms with Crippen LogP contribution < -0.4 is 16.0 Å². The van der Waals surface area contributed by atoms with E-state index in [9.17, 15) is 9.59 Å². The molecule has 0 radical (unpaired) electrons. The summed E-state index contributed by atoms with van der Waals surface area (Å²) in [5, 5.41) is 1.68. The molecule has 0 amide bonds. The van der Waals surface area contributed by atoms with Crippen LogP contribution in [0, 0.1) is 0 Å². The Balaban J connectivity index is 1.27. The quantitative estimate of drug-likeness (QED) is 0.535. The average Bonchev–Trinajstić information content (AvgIpc) is 2.79. The third-order valence-electron chi connectivity index (χ3n) is 6.11. The second-order valence-electron chi connectivity index (χ2n) is 8.10. The van der Waals surface area contributed by atoms with Crippen LogP contribution in [0.25, 0.3) is 21.8 Å². The lowest BCUT2D eigenvalue weighted by Gasteiger charge is -2.36. The first-order valence-corrected chi connectivity index (χ1v) is 10.7. The molecule has 0 unspecified atom stereocenters. The summed E-state index contributed by atoms with van der Waals surface area (Å²) in [5.41, 5.74) is 4.57. The molecule has 1 saturated heterocycles. The van der Waals surface area contributed by atoms with Gasteiger partial charge in [0, 0.05) is 61.8 Å². The number of pyridine rings is 3. The van der Waals surface area contributed by atoms with Gasteiger partial charge in [-0.2, -0.15) is 0 Å². The summed E-state index contributed by atoms with van der Waals surface area (Å²) in [6.07, 6.45) is 4.31. The van der Waals surface area contributed by atoms with Crippen molar-refractivity contribution in [2.45, 2.75) is 19.9 Å². The Morgan fingerprint density at radius 3 is 2.65 bits per heavy atom. The molecule has 5 rings (SSSR count). The highest BCUT2D eigenvalue weighted by Gasteiger charge is 2.18. The smallest absolute Gasteiger partial charge is 0.255 e. The second-order valence-corrected chi connectivity index (χ2v) is 8.10. The fourth-order valence-electron chi connectivity index (χ4n) is 4.31. The molecule has 1 aromatic carbocycles. The van der Waals surface area contributed by atoms with Crippen LogP contribution >= 0.6 is 0 Å². The summed E-state index contributed by atoms with van der Waals surface area (Å²) in [6, 6.07) is 11.9. The van der Waals surface area contributed by atoms with Gasteiger partial charge in [-0.15, -0.1) is 0 Å². The molecule has 1 fully saturated rings. The Morgan fingerprint density at radius 1 is 1.00 bits per heavy atom. The standard InChI is InChI=1S/C24H25N5O2/c1-2-17-13-21-22(27-23(17)30)11-16(14-26-21)15-28-7-9-29(10-8-28)19-3-4-20-18(12-19)5-6-25-24(20)31/h3-6,11-14H,2,7-10,15H2,1H3,(H,25,31)(H,27,30). The number of hydrogen-bond acceptors (Lipinski definition) is 5. The molecule has 4 heterocycles. The normalized spacial score (nSPS) is 15.1. The molecule has 0 spiro atoms. The third kappa shape index (κ3) is 3.84. The summed E-state index contributed by atoms with van der Waals surface area (Å²) in [5.74, 6) is 0. The highest BCUT2D eigenvalue weighted by atomic mass is 16.1. The number of hydrogen-bond donors (Lipinski definition) is 2. The molecule has 7 heteroatoms. The van der Waals surface area contributed by atoms with Crippen molar-refractivity contribution < 1.29 is 0 Å². The topological polar surface area (TPSA) is 85.1 Å². The number of nitrogens with one attached hydrogen (secondary N) is 2. The van der Waals surface area contributed by atoms with E-state index in [4.69, 9.17) is 0 Å². The van der Waals surface area contributed by atoms with E-state index in [0.29, 0.717) is 6.42 Å². The first-order chi connectivity index (χ1) is 15.1. The summed E-state index contributed by atoms with van der Waals surface area (Å²) in [4.78, 5) is 39.0.